The van der Waals surface area contributed by atoms with Gasteiger partial charge in [0.1, 0.15) is 11.6 Å². The van der Waals surface area contributed by atoms with Crippen molar-refractivity contribution in [3.8, 4) is 11.4 Å². The van der Waals surface area contributed by atoms with Gasteiger partial charge in [0.25, 0.3) is 0 Å². The summed E-state index contributed by atoms with van der Waals surface area (Å²) < 4.78 is 16.5. The van der Waals surface area contributed by atoms with Gasteiger partial charge in [-0.15, -0.1) is 35.0 Å². The number of aromatic nitrogens is 3. The second kappa shape index (κ2) is 10.4. The molecule has 1 amide bonds. The Hall–Kier alpha value is -1.70. The predicted molar refractivity (Wildman–Crippen MR) is 116 cm³/mol. The van der Waals surface area contributed by atoms with Gasteiger partial charge in [-0.05, 0) is 50.3 Å². The van der Waals surface area contributed by atoms with Crippen LogP contribution in [0.4, 0.5) is 10.1 Å². The van der Waals surface area contributed by atoms with Gasteiger partial charge in [-0.25, -0.2) is 4.39 Å². The monoisotopic (exact) mass is 443 g/mol. The van der Waals surface area contributed by atoms with E-state index in [0.717, 1.165) is 62.3 Å². The molecule has 3 N–H and O–H groups in total. The molecule has 1 fully saturated rings. The van der Waals surface area contributed by atoms with Crippen LogP contribution in [0, 0.1) is 11.7 Å². The summed E-state index contributed by atoms with van der Waals surface area (Å²) in [6, 6.07) is 4.80. The Morgan fingerprint density at radius 2 is 1.97 bits per heavy atom. The minimum absolute atomic E-state index is 0. The highest BCUT2D eigenvalue weighted by molar-refractivity contribution is 5.93. The zero-order valence-electron chi connectivity index (χ0n) is 16.3. The summed E-state index contributed by atoms with van der Waals surface area (Å²) in [5, 5.41) is 11.4. The SMILES string of the molecule is Cl.Cl.NC1CCCC(C(=O)Nc2cc(-c3nnc4n3CCCCC4)ccc2F)C1. The Morgan fingerprint density at radius 3 is 2.76 bits per heavy atom. The maximum absolute atomic E-state index is 14.3. The zero-order valence-corrected chi connectivity index (χ0v) is 17.9. The van der Waals surface area contributed by atoms with Crippen molar-refractivity contribution in [1.29, 1.82) is 0 Å². The standard InChI is InChI=1S/C20H26FN5O.2ClH/c21-16-9-8-13(19-25-24-18-7-2-1-3-10-26(18)19)12-17(16)23-20(27)14-5-4-6-15(22)11-14;;/h8-9,12,14-15H,1-7,10-11,22H2,(H,23,27);2*1H. The molecule has 1 aliphatic heterocycles. The minimum atomic E-state index is -0.442. The molecule has 0 saturated heterocycles. The smallest absolute Gasteiger partial charge is 0.227 e. The summed E-state index contributed by atoms with van der Waals surface area (Å²) >= 11 is 0. The van der Waals surface area contributed by atoms with Gasteiger partial charge in [0, 0.05) is 30.5 Å². The first-order valence-corrected chi connectivity index (χ1v) is 9.90. The molecule has 4 rings (SSSR count). The first-order chi connectivity index (χ1) is 13.1. The number of nitrogens with two attached hydrogens (primary N) is 1. The second-order valence-corrected chi connectivity index (χ2v) is 7.71. The lowest BCUT2D eigenvalue weighted by Gasteiger charge is -2.25. The van der Waals surface area contributed by atoms with E-state index in [1.807, 2.05) is 0 Å². The van der Waals surface area contributed by atoms with Gasteiger partial charge in [-0.1, -0.05) is 12.8 Å². The average molecular weight is 444 g/mol. The lowest BCUT2D eigenvalue weighted by Crippen LogP contribution is -2.34. The van der Waals surface area contributed by atoms with Gasteiger partial charge >= 0.3 is 0 Å². The van der Waals surface area contributed by atoms with E-state index in [2.05, 4.69) is 20.1 Å². The lowest BCUT2D eigenvalue weighted by atomic mass is 9.85. The van der Waals surface area contributed by atoms with Gasteiger partial charge in [0.2, 0.25) is 5.91 Å². The molecule has 0 spiro atoms. The topological polar surface area (TPSA) is 85.8 Å². The van der Waals surface area contributed by atoms with Gasteiger partial charge < -0.3 is 15.6 Å². The Kier molecular flexibility index (Phi) is 8.43. The molecule has 2 aliphatic rings. The van der Waals surface area contributed by atoms with Crippen LogP contribution in [-0.4, -0.2) is 26.7 Å². The summed E-state index contributed by atoms with van der Waals surface area (Å²) in [5.41, 5.74) is 6.95. The molecule has 2 aromatic rings. The van der Waals surface area contributed by atoms with Crippen molar-refractivity contribution in [1.82, 2.24) is 14.8 Å². The molecule has 29 heavy (non-hydrogen) atoms. The number of carbonyl (C=O) groups excluding carboxylic acids is 1. The number of rotatable bonds is 3. The van der Waals surface area contributed by atoms with Crippen LogP contribution >= 0.6 is 24.8 Å². The number of amides is 1. The number of halogens is 3. The summed E-state index contributed by atoms with van der Waals surface area (Å²) in [6.45, 7) is 0.872. The van der Waals surface area contributed by atoms with Crippen molar-refractivity contribution in [2.24, 2.45) is 11.7 Å². The predicted octanol–water partition coefficient (Wildman–Crippen LogP) is 4.11. The van der Waals surface area contributed by atoms with E-state index in [1.165, 1.54) is 12.5 Å². The molecule has 2 atom stereocenters. The maximum Gasteiger partial charge on any atom is 0.227 e. The Morgan fingerprint density at radius 1 is 1.14 bits per heavy atom. The van der Waals surface area contributed by atoms with Crippen LogP contribution in [0.15, 0.2) is 18.2 Å². The summed E-state index contributed by atoms with van der Waals surface area (Å²) in [7, 11) is 0. The molecular formula is C20H28Cl2FN5O. The number of nitrogens with one attached hydrogen (secondary N) is 1. The normalized spacial score (nSPS) is 21.2. The third kappa shape index (κ3) is 5.27. The van der Waals surface area contributed by atoms with Crippen LogP contribution in [0.25, 0.3) is 11.4 Å². The van der Waals surface area contributed by atoms with E-state index in [1.54, 1.807) is 12.1 Å². The number of fused-ring (bicyclic) bond motifs is 1. The van der Waals surface area contributed by atoms with Crippen molar-refractivity contribution in [2.45, 2.75) is 64.0 Å². The van der Waals surface area contributed by atoms with E-state index >= 15 is 0 Å². The van der Waals surface area contributed by atoms with E-state index in [0.29, 0.717) is 6.42 Å². The first-order valence-electron chi connectivity index (χ1n) is 9.90. The highest BCUT2D eigenvalue weighted by Gasteiger charge is 2.26. The average Bonchev–Trinajstić information content (AvgIpc) is 2.91. The number of carbonyl (C=O) groups is 1. The van der Waals surface area contributed by atoms with E-state index < -0.39 is 5.82 Å². The van der Waals surface area contributed by atoms with Crippen LogP contribution in [-0.2, 0) is 17.8 Å². The van der Waals surface area contributed by atoms with Crippen molar-refractivity contribution >= 4 is 36.4 Å². The number of hydrogen-bond acceptors (Lipinski definition) is 4. The van der Waals surface area contributed by atoms with Crippen LogP contribution in [0.5, 0.6) is 0 Å². The molecule has 9 heteroatoms. The van der Waals surface area contributed by atoms with Crippen molar-refractivity contribution in [3.63, 3.8) is 0 Å². The van der Waals surface area contributed by atoms with E-state index in [-0.39, 0.29) is 48.4 Å². The molecule has 6 nitrogen and oxygen atoms in total. The van der Waals surface area contributed by atoms with E-state index in [4.69, 9.17) is 5.73 Å². The second-order valence-electron chi connectivity index (χ2n) is 7.71. The number of aryl methyl sites for hydroxylation is 1. The first kappa shape index (κ1) is 23.6. The van der Waals surface area contributed by atoms with Gasteiger partial charge in [-0.3, -0.25) is 4.79 Å². The lowest BCUT2D eigenvalue weighted by molar-refractivity contribution is -0.120. The fraction of sp³-hybridized carbons (Fsp3) is 0.550. The summed E-state index contributed by atoms with van der Waals surface area (Å²) in [4.78, 5) is 12.6. The maximum atomic E-state index is 14.3. The number of benzene rings is 1. The third-order valence-electron chi connectivity index (χ3n) is 5.68. The van der Waals surface area contributed by atoms with Crippen LogP contribution in [0.2, 0.25) is 0 Å². The fourth-order valence-electron chi connectivity index (χ4n) is 4.16. The molecular weight excluding hydrogens is 416 g/mol. The van der Waals surface area contributed by atoms with Gasteiger partial charge in [0.15, 0.2) is 5.82 Å². The van der Waals surface area contributed by atoms with Crippen LogP contribution < -0.4 is 11.1 Å². The molecule has 1 aromatic carbocycles. The zero-order chi connectivity index (χ0) is 18.8. The van der Waals surface area contributed by atoms with Crippen LogP contribution in [0.3, 0.4) is 0 Å². The van der Waals surface area contributed by atoms with E-state index in [9.17, 15) is 9.18 Å². The highest BCUT2D eigenvalue weighted by Crippen LogP contribution is 2.28. The third-order valence-corrected chi connectivity index (χ3v) is 5.68. The Balaban J connectivity index is 0.00000150. The molecule has 1 aliphatic carbocycles. The molecule has 2 heterocycles. The minimum Gasteiger partial charge on any atom is -0.328 e. The largest absolute Gasteiger partial charge is 0.328 e. The molecule has 160 valence electrons. The molecule has 0 bridgehead atoms. The molecule has 0 radical (unpaired) electrons. The molecule has 2 unspecified atom stereocenters. The number of hydrogen-bond donors (Lipinski definition) is 2. The van der Waals surface area contributed by atoms with Crippen molar-refractivity contribution in [3.05, 3.63) is 29.8 Å². The van der Waals surface area contributed by atoms with Crippen molar-refractivity contribution < 1.29 is 9.18 Å². The quantitative estimate of drug-likeness (QED) is 0.746. The van der Waals surface area contributed by atoms with Crippen molar-refractivity contribution in [2.75, 3.05) is 5.32 Å². The Labute approximate surface area is 182 Å². The van der Waals surface area contributed by atoms with Gasteiger partial charge in [0.05, 0.1) is 5.69 Å². The summed E-state index contributed by atoms with van der Waals surface area (Å²) in [5.74, 6) is 0.973. The highest BCUT2D eigenvalue weighted by atomic mass is 35.5. The fourth-order valence-corrected chi connectivity index (χ4v) is 4.16. The molecule has 1 aromatic heterocycles. The van der Waals surface area contributed by atoms with Gasteiger partial charge in [-0.2, -0.15) is 0 Å². The number of anilines is 1. The van der Waals surface area contributed by atoms with Crippen LogP contribution in [0.1, 0.15) is 50.8 Å². The number of nitrogens with zero attached hydrogens (tertiary/aromatic N) is 3. The summed E-state index contributed by atoms with van der Waals surface area (Å²) in [6.07, 6.45) is 7.65. The Bertz CT molecular complexity index is 844. The molecule has 1 saturated carbocycles.